The summed E-state index contributed by atoms with van der Waals surface area (Å²) in [4.78, 5) is 11.3. The van der Waals surface area contributed by atoms with Gasteiger partial charge in [0.1, 0.15) is 11.3 Å². The molecule has 0 saturated heterocycles. The van der Waals surface area contributed by atoms with Crippen molar-refractivity contribution in [2.45, 2.75) is 19.4 Å². The Balaban J connectivity index is 3.15. The van der Waals surface area contributed by atoms with E-state index in [1.54, 1.807) is 38.3 Å². The molecule has 0 saturated carbocycles. The lowest BCUT2D eigenvalue weighted by molar-refractivity contribution is -0.144. The molecule has 1 unspecified atom stereocenters. The van der Waals surface area contributed by atoms with Crippen LogP contribution in [0.1, 0.15) is 19.4 Å². The van der Waals surface area contributed by atoms with E-state index >= 15 is 0 Å². The van der Waals surface area contributed by atoms with Crippen molar-refractivity contribution in [2.75, 3.05) is 13.7 Å². The van der Waals surface area contributed by atoms with Crippen molar-refractivity contribution in [3.8, 4) is 5.75 Å². The first kappa shape index (κ1) is 12.5. The van der Waals surface area contributed by atoms with E-state index in [1.807, 2.05) is 6.92 Å². The van der Waals surface area contributed by atoms with Gasteiger partial charge in [-0.2, -0.15) is 0 Å². The smallest absolute Gasteiger partial charge is 0.328 e. The molecule has 4 heteroatoms. The number of carbonyl (C=O) groups is 1. The van der Waals surface area contributed by atoms with Crippen LogP contribution >= 0.6 is 0 Å². The summed E-state index contributed by atoms with van der Waals surface area (Å²) in [6.07, 6.45) is 0. The van der Waals surface area contributed by atoms with Gasteiger partial charge in [0.25, 0.3) is 0 Å². The van der Waals surface area contributed by atoms with Gasteiger partial charge in [0.05, 0.1) is 7.11 Å². The molecule has 0 aromatic heterocycles. The topological polar surface area (TPSA) is 58.6 Å². The molecule has 88 valence electrons. The lowest BCUT2D eigenvalue weighted by atomic mass is 9.92. The molecule has 4 nitrogen and oxygen atoms in total. The lowest BCUT2D eigenvalue weighted by Gasteiger charge is -2.26. The summed E-state index contributed by atoms with van der Waals surface area (Å²) in [5.41, 5.74) is -0.398. The standard InChI is InChI=1S/C12H17NO3/c1-4-13-12(2,11(14)15)9-6-5-7-10(8-9)16-3/h5-8,13H,4H2,1-3H3,(H,14,15). The van der Waals surface area contributed by atoms with Gasteiger partial charge in [0, 0.05) is 0 Å². The number of benzene rings is 1. The van der Waals surface area contributed by atoms with Crippen molar-refractivity contribution in [3.05, 3.63) is 29.8 Å². The van der Waals surface area contributed by atoms with Crippen LogP contribution in [0.5, 0.6) is 5.75 Å². The molecule has 0 radical (unpaired) electrons. The van der Waals surface area contributed by atoms with Crippen molar-refractivity contribution in [1.29, 1.82) is 0 Å². The van der Waals surface area contributed by atoms with Gasteiger partial charge in [0.2, 0.25) is 0 Å². The molecule has 16 heavy (non-hydrogen) atoms. The van der Waals surface area contributed by atoms with Gasteiger partial charge in [-0.15, -0.1) is 0 Å². The zero-order chi connectivity index (χ0) is 12.2. The molecule has 0 aliphatic heterocycles. The fraction of sp³-hybridized carbons (Fsp3) is 0.417. The van der Waals surface area contributed by atoms with E-state index in [1.165, 1.54) is 0 Å². The number of hydrogen-bond acceptors (Lipinski definition) is 3. The van der Waals surface area contributed by atoms with Crippen LogP contribution in [0.25, 0.3) is 0 Å². The van der Waals surface area contributed by atoms with Crippen LogP contribution in [0.3, 0.4) is 0 Å². The maximum absolute atomic E-state index is 11.3. The summed E-state index contributed by atoms with van der Waals surface area (Å²) in [6.45, 7) is 4.11. The highest BCUT2D eigenvalue weighted by molar-refractivity contribution is 5.80. The quantitative estimate of drug-likeness (QED) is 0.796. The second-order valence-corrected chi connectivity index (χ2v) is 3.69. The molecule has 1 rings (SSSR count). The third-order valence-electron chi connectivity index (χ3n) is 2.61. The molecule has 0 bridgehead atoms. The zero-order valence-electron chi connectivity index (χ0n) is 9.78. The Morgan fingerprint density at radius 1 is 1.56 bits per heavy atom. The fourth-order valence-electron chi connectivity index (χ4n) is 1.59. The maximum Gasteiger partial charge on any atom is 0.328 e. The highest BCUT2D eigenvalue weighted by Crippen LogP contribution is 2.24. The molecule has 0 amide bonds. The number of carboxylic acid groups (broad SMARTS) is 1. The van der Waals surface area contributed by atoms with E-state index < -0.39 is 11.5 Å². The third kappa shape index (κ3) is 2.33. The van der Waals surface area contributed by atoms with Crippen LogP contribution in [0.2, 0.25) is 0 Å². The Bertz CT molecular complexity index is 378. The zero-order valence-corrected chi connectivity index (χ0v) is 9.78. The van der Waals surface area contributed by atoms with Crippen LogP contribution in [0, 0.1) is 0 Å². The first-order valence-electron chi connectivity index (χ1n) is 5.17. The monoisotopic (exact) mass is 223 g/mol. The highest BCUT2D eigenvalue weighted by atomic mass is 16.5. The van der Waals surface area contributed by atoms with Crippen molar-refractivity contribution in [3.63, 3.8) is 0 Å². The van der Waals surface area contributed by atoms with E-state index in [0.29, 0.717) is 17.9 Å². The van der Waals surface area contributed by atoms with E-state index in [0.717, 1.165) is 0 Å². The molecule has 0 heterocycles. The molecule has 1 aromatic carbocycles. The van der Waals surface area contributed by atoms with Crippen LogP contribution in [-0.4, -0.2) is 24.7 Å². The first-order chi connectivity index (χ1) is 7.54. The Labute approximate surface area is 95.2 Å². The van der Waals surface area contributed by atoms with Crippen molar-refractivity contribution in [1.82, 2.24) is 5.32 Å². The number of carboxylic acids is 1. The Hall–Kier alpha value is -1.55. The molecular weight excluding hydrogens is 206 g/mol. The molecule has 0 aliphatic rings. The molecule has 2 N–H and O–H groups in total. The van der Waals surface area contributed by atoms with Gasteiger partial charge in [-0.3, -0.25) is 5.32 Å². The van der Waals surface area contributed by atoms with Crippen LogP contribution in [-0.2, 0) is 10.3 Å². The van der Waals surface area contributed by atoms with Crippen molar-refractivity contribution >= 4 is 5.97 Å². The van der Waals surface area contributed by atoms with Gasteiger partial charge < -0.3 is 9.84 Å². The van der Waals surface area contributed by atoms with Crippen LogP contribution in [0.4, 0.5) is 0 Å². The maximum atomic E-state index is 11.3. The number of methoxy groups -OCH3 is 1. The highest BCUT2D eigenvalue weighted by Gasteiger charge is 2.34. The van der Waals surface area contributed by atoms with E-state index in [4.69, 9.17) is 4.74 Å². The molecule has 0 spiro atoms. The van der Waals surface area contributed by atoms with Gasteiger partial charge in [-0.25, -0.2) is 4.79 Å². The van der Waals surface area contributed by atoms with E-state index in [-0.39, 0.29) is 0 Å². The summed E-state index contributed by atoms with van der Waals surface area (Å²) in [5.74, 6) is -0.245. The van der Waals surface area contributed by atoms with Crippen LogP contribution < -0.4 is 10.1 Å². The Morgan fingerprint density at radius 3 is 2.75 bits per heavy atom. The second-order valence-electron chi connectivity index (χ2n) is 3.69. The van der Waals surface area contributed by atoms with Gasteiger partial charge in [-0.1, -0.05) is 19.1 Å². The summed E-state index contributed by atoms with van der Waals surface area (Å²) in [5, 5.41) is 12.2. The average molecular weight is 223 g/mol. The van der Waals surface area contributed by atoms with Gasteiger partial charge in [-0.05, 0) is 31.2 Å². The average Bonchev–Trinajstić information content (AvgIpc) is 2.29. The Kier molecular flexibility index (Phi) is 3.90. The van der Waals surface area contributed by atoms with Crippen molar-refractivity contribution < 1.29 is 14.6 Å². The lowest BCUT2D eigenvalue weighted by Crippen LogP contribution is -2.46. The molecule has 0 fully saturated rings. The predicted octanol–water partition coefficient (Wildman–Crippen LogP) is 1.60. The molecule has 1 atom stereocenters. The first-order valence-corrected chi connectivity index (χ1v) is 5.17. The number of rotatable bonds is 5. The van der Waals surface area contributed by atoms with Crippen molar-refractivity contribution in [2.24, 2.45) is 0 Å². The Morgan fingerprint density at radius 2 is 2.25 bits per heavy atom. The fourth-order valence-corrected chi connectivity index (χ4v) is 1.59. The van der Waals surface area contributed by atoms with Gasteiger partial charge in [0.15, 0.2) is 0 Å². The summed E-state index contributed by atoms with van der Waals surface area (Å²) in [7, 11) is 1.56. The second kappa shape index (κ2) is 4.99. The third-order valence-corrected chi connectivity index (χ3v) is 2.61. The molecular formula is C12H17NO3. The van der Waals surface area contributed by atoms with E-state index in [9.17, 15) is 9.90 Å². The number of hydrogen-bond donors (Lipinski definition) is 2. The predicted molar refractivity (Wildman–Crippen MR) is 61.7 cm³/mol. The van der Waals surface area contributed by atoms with Crippen LogP contribution in [0.15, 0.2) is 24.3 Å². The minimum absolute atomic E-state index is 0.583. The SMILES string of the molecule is CCNC(C)(C(=O)O)c1cccc(OC)c1. The minimum atomic E-state index is -1.08. The minimum Gasteiger partial charge on any atom is -0.497 e. The molecule has 0 aliphatic carbocycles. The summed E-state index contributed by atoms with van der Waals surface area (Å²) >= 11 is 0. The molecule has 1 aromatic rings. The number of likely N-dealkylation sites (N-methyl/N-ethyl adjacent to an activating group) is 1. The number of nitrogens with one attached hydrogen (secondary N) is 1. The van der Waals surface area contributed by atoms with Gasteiger partial charge >= 0.3 is 5.97 Å². The summed E-state index contributed by atoms with van der Waals surface area (Å²) < 4.78 is 5.09. The number of aliphatic carboxylic acids is 1. The normalized spacial score (nSPS) is 14.2. The number of ether oxygens (including phenoxy) is 1. The largest absolute Gasteiger partial charge is 0.497 e. The summed E-state index contributed by atoms with van der Waals surface area (Å²) in [6, 6.07) is 7.08. The van der Waals surface area contributed by atoms with E-state index in [2.05, 4.69) is 5.32 Å².